The summed E-state index contributed by atoms with van der Waals surface area (Å²) >= 11 is 6.85. The summed E-state index contributed by atoms with van der Waals surface area (Å²) in [6.07, 6.45) is 3.73. The maximum Gasteiger partial charge on any atom is 0.0894 e. The van der Waals surface area contributed by atoms with E-state index in [0.717, 1.165) is 44.6 Å². The lowest BCUT2D eigenvalue weighted by Crippen LogP contribution is -1.93. The van der Waals surface area contributed by atoms with Crippen molar-refractivity contribution in [2.45, 2.75) is 10.7 Å². The van der Waals surface area contributed by atoms with E-state index in [2.05, 4.69) is 58.9 Å². The van der Waals surface area contributed by atoms with E-state index in [1.54, 1.807) is 0 Å². The Morgan fingerprint density at radius 2 is 1.14 bits per heavy atom. The van der Waals surface area contributed by atoms with Gasteiger partial charge in [0.1, 0.15) is 0 Å². The first-order chi connectivity index (χ1) is 10.8. The van der Waals surface area contributed by atoms with E-state index < -0.39 is 0 Å². The summed E-state index contributed by atoms with van der Waals surface area (Å²) in [6.45, 7) is 0. The van der Waals surface area contributed by atoms with Crippen LogP contribution in [0.2, 0.25) is 0 Å². The summed E-state index contributed by atoms with van der Waals surface area (Å²) in [5.74, 6) is 0. The molecule has 0 saturated heterocycles. The van der Waals surface area contributed by atoms with Crippen molar-refractivity contribution in [1.29, 1.82) is 0 Å². The van der Waals surface area contributed by atoms with Crippen molar-refractivity contribution in [2.24, 2.45) is 0 Å². The number of hydrogen-bond donors (Lipinski definition) is 0. The quantitative estimate of drug-likeness (QED) is 0.560. The second-order valence-electron chi connectivity index (χ2n) is 4.78. The van der Waals surface area contributed by atoms with Crippen molar-refractivity contribution < 1.29 is 0 Å². The highest BCUT2D eigenvalue weighted by Gasteiger charge is 2.05. The Morgan fingerprint density at radius 3 is 1.50 bits per heavy atom. The smallest absolute Gasteiger partial charge is 0.0894 e. The third kappa shape index (κ3) is 3.42. The maximum absolute atomic E-state index is 4.68. The normalized spacial score (nSPS) is 10.6. The van der Waals surface area contributed by atoms with E-state index >= 15 is 0 Å². The van der Waals surface area contributed by atoms with Crippen LogP contribution in [0.15, 0.2) is 54.9 Å². The van der Waals surface area contributed by atoms with Gasteiger partial charge in [-0.25, -0.2) is 4.98 Å². The van der Waals surface area contributed by atoms with Gasteiger partial charge in [0.25, 0.3) is 0 Å². The molecule has 3 nitrogen and oxygen atoms in total. The molecule has 0 aliphatic carbocycles. The van der Waals surface area contributed by atoms with Crippen molar-refractivity contribution in [3.63, 3.8) is 0 Å². The van der Waals surface area contributed by atoms with E-state index in [9.17, 15) is 0 Å². The van der Waals surface area contributed by atoms with Crippen LogP contribution in [0.4, 0.5) is 0 Å². The molecule has 22 heavy (non-hydrogen) atoms. The van der Waals surface area contributed by atoms with Gasteiger partial charge in [-0.2, -0.15) is 0 Å². The minimum atomic E-state index is 0.803. The first kappa shape index (κ1) is 15.3. The number of rotatable bonds is 4. The van der Waals surface area contributed by atoms with E-state index in [0.29, 0.717) is 0 Å². The second kappa shape index (κ2) is 7.11. The minimum absolute atomic E-state index is 0.803. The molecule has 0 aliphatic heterocycles. The molecule has 0 aliphatic rings. The molecular weight excluding hydrogens is 406 g/mol. The van der Waals surface area contributed by atoms with Crippen LogP contribution in [0.1, 0.15) is 11.1 Å². The van der Waals surface area contributed by atoms with Gasteiger partial charge in [0.2, 0.25) is 0 Å². The average molecular weight is 419 g/mol. The van der Waals surface area contributed by atoms with Gasteiger partial charge in [-0.15, -0.1) is 0 Å². The number of nitrogens with zero attached hydrogens (tertiary/aromatic N) is 3. The Hall–Kier alpha value is -1.59. The first-order valence-corrected chi connectivity index (χ1v) is 9.04. The molecule has 0 fully saturated rings. The third-order valence-corrected chi connectivity index (χ3v) is 4.53. The standard InChI is InChI=1S/C17H13Br2N3/c18-8-12-4-6-14(20-10-12)16-2-1-3-17(22-16)15-7-5-13(9-19)11-21-15/h1-7,10-11H,8-9H2. The average Bonchev–Trinajstić information content (AvgIpc) is 2.62. The number of pyridine rings is 3. The first-order valence-electron chi connectivity index (χ1n) is 6.80. The fraction of sp³-hybridized carbons (Fsp3) is 0.118. The highest BCUT2D eigenvalue weighted by atomic mass is 79.9. The minimum Gasteiger partial charge on any atom is -0.254 e. The molecule has 0 atom stereocenters. The summed E-state index contributed by atoms with van der Waals surface area (Å²) in [6, 6.07) is 14.0. The summed E-state index contributed by atoms with van der Waals surface area (Å²) in [5, 5.41) is 1.61. The fourth-order valence-electron chi connectivity index (χ4n) is 2.03. The number of alkyl halides is 2. The van der Waals surface area contributed by atoms with Crippen LogP contribution < -0.4 is 0 Å². The number of aromatic nitrogens is 3. The zero-order valence-corrected chi connectivity index (χ0v) is 14.9. The zero-order chi connectivity index (χ0) is 15.4. The molecule has 110 valence electrons. The molecule has 0 amide bonds. The summed E-state index contributed by atoms with van der Waals surface area (Å²) in [4.78, 5) is 13.6. The molecular formula is C17H13Br2N3. The second-order valence-corrected chi connectivity index (χ2v) is 5.90. The van der Waals surface area contributed by atoms with Gasteiger partial charge in [0, 0.05) is 23.1 Å². The lowest BCUT2D eigenvalue weighted by molar-refractivity contribution is 1.19. The molecule has 0 radical (unpaired) electrons. The summed E-state index contributed by atoms with van der Waals surface area (Å²) in [5.41, 5.74) is 5.72. The zero-order valence-electron chi connectivity index (χ0n) is 11.7. The van der Waals surface area contributed by atoms with Gasteiger partial charge in [-0.05, 0) is 35.4 Å². The van der Waals surface area contributed by atoms with Crippen molar-refractivity contribution >= 4 is 31.9 Å². The van der Waals surface area contributed by atoms with Gasteiger partial charge < -0.3 is 0 Å². The summed E-state index contributed by atoms with van der Waals surface area (Å²) in [7, 11) is 0. The van der Waals surface area contributed by atoms with Crippen LogP contribution in [0.25, 0.3) is 22.8 Å². The molecule has 0 saturated carbocycles. The van der Waals surface area contributed by atoms with E-state index in [-0.39, 0.29) is 0 Å². The van der Waals surface area contributed by atoms with Gasteiger partial charge in [0.05, 0.1) is 22.8 Å². The van der Waals surface area contributed by atoms with E-state index in [1.807, 2.05) is 42.7 Å². The van der Waals surface area contributed by atoms with Crippen molar-refractivity contribution in [1.82, 2.24) is 15.0 Å². The molecule has 0 N–H and O–H groups in total. The highest BCUT2D eigenvalue weighted by molar-refractivity contribution is 9.08. The van der Waals surface area contributed by atoms with Crippen LogP contribution in [0.5, 0.6) is 0 Å². The van der Waals surface area contributed by atoms with Crippen LogP contribution in [-0.4, -0.2) is 15.0 Å². The van der Waals surface area contributed by atoms with Crippen molar-refractivity contribution in [3.05, 3.63) is 66.0 Å². The topological polar surface area (TPSA) is 38.7 Å². The molecule has 0 bridgehead atoms. The number of halogens is 2. The maximum atomic E-state index is 4.68. The number of hydrogen-bond acceptors (Lipinski definition) is 3. The van der Waals surface area contributed by atoms with Crippen LogP contribution in [0.3, 0.4) is 0 Å². The van der Waals surface area contributed by atoms with Gasteiger partial charge in [0.15, 0.2) is 0 Å². The molecule has 3 heterocycles. The van der Waals surface area contributed by atoms with Gasteiger partial charge in [-0.1, -0.05) is 50.1 Å². The monoisotopic (exact) mass is 417 g/mol. The third-order valence-electron chi connectivity index (χ3n) is 3.23. The largest absolute Gasteiger partial charge is 0.254 e. The molecule has 3 rings (SSSR count). The molecule has 0 spiro atoms. The Balaban J connectivity index is 1.93. The highest BCUT2D eigenvalue weighted by Crippen LogP contribution is 2.21. The van der Waals surface area contributed by atoms with Crippen LogP contribution in [-0.2, 0) is 10.7 Å². The lowest BCUT2D eigenvalue weighted by Gasteiger charge is -2.05. The van der Waals surface area contributed by atoms with Crippen LogP contribution in [0, 0.1) is 0 Å². The lowest BCUT2D eigenvalue weighted by atomic mass is 10.1. The van der Waals surface area contributed by atoms with Crippen molar-refractivity contribution in [3.8, 4) is 22.8 Å². The van der Waals surface area contributed by atoms with Crippen LogP contribution >= 0.6 is 31.9 Å². The molecule has 0 unspecified atom stereocenters. The van der Waals surface area contributed by atoms with E-state index in [1.165, 1.54) is 0 Å². The molecule has 3 aromatic rings. The Kier molecular flexibility index (Phi) is 4.95. The summed E-state index contributed by atoms with van der Waals surface area (Å²) < 4.78 is 0. The predicted octanol–water partition coefficient (Wildman–Crippen LogP) is 5.00. The SMILES string of the molecule is BrCc1ccc(-c2cccc(-c3ccc(CBr)cn3)n2)nc1. The molecule has 3 aromatic heterocycles. The fourth-order valence-corrected chi connectivity index (χ4v) is 2.69. The van der Waals surface area contributed by atoms with Gasteiger partial charge >= 0.3 is 0 Å². The Morgan fingerprint density at radius 1 is 0.636 bits per heavy atom. The Bertz CT molecular complexity index is 693. The van der Waals surface area contributed by atoms with E-state index in [4.69, 9.17) is 0 Å². The molecule has 5 heteroatoms. The Labute approximate surface area is 146 Å². The van der Waals surface area contributed by atoms with Gasteiger partial charge in [-0.3, -0.25) is 9.97 Å². The predicted molar refractivity (Wildman–Crippen MR) is 96.0 cm³/mol. The molecule has 0 aromatic carbocycles. The van der Waals surface area contributed by atoms with Crippen molar-refractivity contribution in [2.75, 3.05) is 0 Å².